The fraction of sp³-hybridized carbons (Fsp3) is 0.435. The maximum atomic E-state index is 13.0. The van der Waals surface area contributed by atoms with Crippen LogP contribution in [-0.4, -0.2) is 48.1 Å². The first kappa shape index (κ1) is 19.3. The number of aromatic nitrogens is 1. The number of piperidine rings is 2. The Hall–Kier alpha value is -3.07. The van der Waals surface area contributed by atoms with Crippen molar-refractivity contribution in [2.75, 3.05) is 31.1 Å². The van der Waals surface area contributed by atoms with Gasteiger partial charge in [0.1, 0.15) is 29.4 Å². The van der Waals surface area contributed by atoms with E-state index >= 15 is 0 Å². The van der Waals surface area contributed by atoms with E-state index in [2.05, 4.69) is 16.0 Å². The Morgan fingerprint density at radius 2 is 1.76 bits per heavy atom. The molecule has 0 radical (unpaired) electrons. The summed E-state index contributed by atoms with van der Waals surface area (Å²) in [4.78, 5) is 21.5. The van der Waals surface area contributed by atoms with Gasteiger partial charge in [-0.15, -0.1) is 0 Å². The lowest BCUT2D eigenvalue weighted by molar-refractivity contribution is 0.0715. The van der Waals surface area contributed by atoms with Crippen LogP contribution < -0.4 is 9.64 Å². The average molecular weight is 390 g/mol. The van der Waals surface area contributed by atoms with Crippen LogP contribution >= 0.6 is 0 Å². The molecule has 0 atom stereocenters. The summed E-state index contributed by atoms with van der Waals surface area (Å²) in [6.07, 6.45) is 5.13. The highest BCUT2D eigenvalue weighted by Crippen LogP contribution is 2.26. The molecule has 3 heterocycles. The summed E-state index contributed by atoms with van der Waals surface area (Å²) in [5.74, 6) is 1.60. The molecule has 0 N–H and O–H groups in total. The molecule has 2 aliphatic rings. The largest absolute Gasteiger partial charge is 0.489 e. The van der Waals surface area contributed by atoms with Crippen molar-refractivity contribution in [1.82, 2.24) is 9.88 Å². The average Bonchev–Trinajstić information content (AvgIpc) is 2.80. The van der Waals surface area contributed by atoms with Crippen molar-refractivity contribution in [2.45, 2.75) is 38.2 Å². The van der Waals surface area contributed by atoms with Crippen molar-refractivity contribution in [1.29, 1.82) is 5.26 Å². The van der Waals surface area contributed by atoms with Crippen molar-refractivity contribution in [3.63, 3.8) is 0 Å². The number of carbonyl (C=O) groups excluding carboxylic acids is 1. The molecular weight excluding hydrogens is 364 g/mol. The van der Waals surface area contributed by atoms with Gasteiger partial charge in [0.2, 0.25) is 0 Å². The lowest BCUT2D eigenvalue weighted by Crippen LogP contribution is -2.39. The van der Waals surface area contributed by atoms with Crippen molar-refractivity contribution in [2.24, 2.45) is 0 Å². The monoisotopic (exact) mass is 390 g/mol. The van der Waals surface area contributed by atoms with Crippen molar-refractivity contribution in [3.05, 3.63) is 53.7 Å². The minimum atomic E-state index is 0.0701. The van der Waals surface area contributed by atoms with Crippen molar-refractivity contribution < 1.29 is 9.53 Å². The van der Waals surface area contributed by atoms with Gasteiger partial charge in [0.15, 0.2) is 0 Å². The maximum Gasteiger partial charge on any atom is 0.257 e. The van der Waals surface area contributed by atoms with Crippen LogP contribution in [0.15, 0.2) is 42.5 Å². The predicted molar refractivity (Wildman–Crippen MR) is 111 cm³/mol. The molecule has 2 aromatic rings. The van der Waals surface area contributed by atoms with Gasteiger partial charge >= 0.3 is 0 Å². The van der Waals surface area contributed by atoms with Crippen LogP contribution in [0.4, 0.5) is 5.82 Å². The SMILES string of the molecule is N#Cc1cccc(N2CCC(Oc3ccccc3C(=O)N3CCCCC3)CC2)n1. The zero-order valence-corrected chi connectivity index (χ0v) is 16.6. The zero-order valence-electron chi connectivity index (χ0n) is 16.6. The van der Waals surface area contributed by atoms with Gasteiger partial charge < -0.3 is 14.5 Å². The summed E-state index contributed by atoms with van der Waals surface area (Å²) in [7, 11) is 0. The van der Waals surface area contributed by atoms with Gasteiger partial charge in [-0.3, -0.25) is 4.79 Å². The highest BCUT2D eigenvalue weighted by molar-refractivity contribution is 5.97. The lowest BCUT2D eigenvalue weighted by Gasteiger charge is -2.33. The van der Waals surface area contributed by atoms with Crippen LogP contribution in [-0.2, 0) is 0 Å². The van der Waals surface area contributed by atoms with Crippen molar-refractivity contribution in [3.8, 4) is 11.8 Å². The Labute approximate surface area is 171 Å². The van der Waals surface area contributed by atoms with E-state index in [1.807, 2.05) is 41.3 Å². The van der Waals surface area contributed by atoms with Crippen LogP contribution in [0.3, 0.4) is 0 Å². The third-order valence-corrected chi connectivity index (χ3v) is 5.67. The number of hydrogen-bond acceptors (Lipinski definition) is 5. The third kappa shape index (κ3) is 4.51. The van der Waals surface area contributed by atoms with Crippen molar-refractivity contribution >= 4 is 11.7 Å². The number of anilines is 1. The number of ether oxygens (including phenoxy) is 1. The number of para-hydroxylation sites is 1. The molecule has 0 unspecified atom stereocenters. The quantitative estimate of drug-likeness (QED) is 0.797. The first-order valence-corrected chi connectivity index (χ1v) is 10.4. The van der Waals surface area contributed by atoms with E-state index in [1.165, 1.54) is 6.42 Å². The molecule has 29 heavy (non-hydrogen) atoms. The number of hydrogen-bond donors (Lipinski definition) is 0. The smallest absolute Gasteiger partial charge is 0.257 e. The van der Waals surface area contributed by atoms with Gasteiger partial charge in [-0.05, 0) is 43.5 Å². The van der Waals surface area contributed by atoms with Gasteiger partial charge in [-0.2, -0.15) is 5.26 Å². The van der Waals surface area contributed by atoms with Gasteiger partial charge in [0, 0.05) is 39.0 Å². The Balaban J connectivity index is 1.39. The normalized spacial score (nSPS) is 17.6. The summed E-state index contributed by atoms with van der Waals surface area (Å²) < 4.78 is 6.28. The molecule has 2 aliphatic heterocycles. The number of nitrogens with zero attached hydrogens (tertiary/aromatic N) is 4. The van der Waals surface area contributed by atoms with Crippen LogP contribution in [0.2, 0.25) is 0 Å². The Kier molecular flexibility index (Phi) is 5.95. The molecule has 1 amide bonds. The zero-order chi connectivity index (χ0) is 20.1. The summed E-state index contributed by atoms with van der Waals surface area (Å²) in [6, 6.07) is 15.2. The number of benzene rings is 1. The molecule has 6 nitrogen and oxygen atoms in total. The van der Waals surface area contributed by atoms with Crippen LogP contribution in [0.25, 0.3) is 0 Å². The van der Waals surface area contributed by atoms with E-state index in [9.17, 15) is 4.79 Å². The second kappa shape index (κ2) is 8.95. The Morgan fingerprint density at radius 3 is 2.52 bits per heavy atom. The second-order valence-corrected chi connectivity index (χ2v) is 7.65. The maximum absolute atomic E-state index is 13.0. The molecule has 0 aliphatic carbocycles. The van der Waals surface area contributed by atoms with E-state index in [0.717, 1.165) is 57.7 Å². The number of amides is 1. The van der Waals surface area contributed by atoms with Crippen LogP contribution in [0.1, 0.15) is 48.2 Å². The fourth-order valence-corrected chi connectivity index (χ4v) is 4.06. The predicted octanol–water partition coefficient (Wildman–Crippen LogP) is 3.63. The molecular formula is C23H26N4O2. The van der Waals surface area contributed by atoms with E-state index in [4.69, 9.17) is 10.00 Å². The lowest BCUT2D eigenvalue weighted by atomic mass is 10.1. The summed E-state index contributed by atoms with van der Waals surface area (Å²) in [5, 5.41) is 9.05. The summed E-state index contributed by atoms with van der Waals surface area (Å²) in [5.41, 5.74) is 1.10. The van der Waals surface area contributed by atoms with E-state index < -0.39 is 0 Å². The highest BCUT2D eigenvalue weighted by atomic mass is 16.5. The van der Waals surface area contributed by atoms with Crippen LogP contribution in [0, 0.1) is 11.3 Å². The fourth-order valence-electron chi connectivity index (χ4n) is 4.06. The summed E-state index contributed by atoms with van der Waals surface area (Å²) >= 11 is 0. The van der Waals surface area contributed by atoms with Gasteiger partial charge in [0.05, 0.1) is 5.56 Å². The molecule has 4 rings (SSSR count). The Bertz CT molecular complexity index is 894. The molecule has 1 aromatic heterocycles. The Morgan fingerprint density at radius 1 is 1.00 bits per heavy atom. The standard InChI is InChI=1S/C23H26N4O2/c24-17-18-7-6-10-22(25-18)26-15-11-19(12-16-26)29-21-9-3-2-8-20(21)23(28)27-13-4-1-5-14-27/h2-3,6-10,19H,1,4-5,11-16H2. The summed E-state index contributed by atoms with van der Waals surface area (Å²) in [6.45, 7) is 3.30. The number of likely N-dealkylation sites (tertiary alicyclic amines) is 1. The molecule has 2 saturated heterocycles. The number of rotatable bonds is 4. The second-order valence-electron chi connectivity index (χ2n) is 7.65. The number of pyridine rings is 1. The highest BCUT2D eigenvalue weighted by Gasteiger charge is 2.25. The molecule has 0 bridgehead atoms. The van der Waals surface area contributed by atoms with Gasteiger partial charge in [0.25, 0.3) is 5.91 Å². The first-order valence-electron chi connectivity index (χ1n) is 10.4. The van der Waals surface area contributed by atoms with Gasteiger partial charge in [-0.1, -0.05) is 18.2 Å². The topological polar surface area (TPSA) is 69.5 Å². The van der Waals surface area contributed by atoms with E-state index in [-0.39, 0.29) is 12.0 Å². The molecule has 2 fully saturated rings. The number of carbonyl (C=O) groups is 1. The molecule has 6 heteroatoms. The molecule has 150 valence electrons. The van der Waals surface area contributed by atoms with E-state index in [0.29, 0.717) is 17.0 Å². The van der Waals surface area contributed by atoms with E-state index in [1.54, 1.807) is 6.07 Å². The van der Waals surface area contributed by atoms with Crippen LogP contribution in [0.5, 0.6) is 5.75 Å². The minimum Gasteiger partial charge on any atom is -0.489 e. The number of nitriles is 1. The minimum absolute atomic E-state index is 0.0701. The molecule has 1 aromatic carbocycles. The third-order valence-electron chi connectivity index (χ3n) is 5.67. The first-order chi connectivity index (χ1) is 14.2. The molecule has 0 spiro atoms. The molecule has 0 saturated carbocycles. The van der Waals surface area contributed by atoms with Gasteiger partial charge in [-0.25, -0.2) is 4.98 Å².